The maximum Gasteiger partial charge on any atom is -0.00641 e. The molecule has 74 valence electrons. The van der Waals surface area contributed by atoms with Crippen molar-refractivity contribution in [1.29, 1.82) is 0 Å². The van der Waals surface area contributed by atoms with Crippen LogP contribution in [0.15, 0.2) is 16.8 Å². The summed E-state index contributed by atoms with van der Waals surface area (Å²) in [5.41, 5.74) is 1.36. The Balaban J connectivity index is -0.000000117. The maximum absolute atomic E-state index is 2.12. The van der Waals surface area contributed by atoms with Crippen LogP contribution in [-0.2, 0) is 0 Å². The van der Waals surface area contributed by atoms with Crippen LogP contribution in [0.3, 0.4) is 0 Å². The molecule has 0 amide bonds. The van der Waals surface area contributed by atoms with Gasteiger partial charge in [-0.3, -0.25) is 0 Å². The zero-order valence-electron chi connectivity index (χ0n) is 9.64. The highest BCUT2D eigenvalue weighted by atomic mass is 32.1. The van der Waals surface area contributed by atoms with E-state index in [0.29, 0.717) is 0 Å². The molecule has 12 heavy (non-hydrogen) atoms. The van der Waals surface area contributed by atoms with E-state index < -0.39 is 0 Å². The molecule has 1 heterocycles. The van der Waals surface area contributed by atoms with E-state index in [4.69, 9.17) is 0 Å². The molecular weight excluding hydrogens is 164 g/mol. The Labute approximate surface area is 82.6 Å². The molecule has 0 fully saturated rings. The third-order valence-corrected chi connectivity index (χ3v) is 1.46. The molecule has 0 aliphatic heterocycles. The zero-order valence-corrected chi connectivity index (χ0v) is 10.5. The standard InChI is InChI=1S/C5H6S.3C2H6/c1-5-2-3-6-4-5;3*1-2/h2-4H,1H3;3*1-2H3. The van der Waals surface area contributed by atoms with Crippen LogP contribution in [0.25, 0.3) is 0 Å². The average Bonchev–Trinajstić information content (AvgIpc) is 2.66. The molecular formula is C11H24S. The SMILES string of the molecule is CC.CC.CC.Cc1ccsc1. The number of thiophene rings is 1. The summed E-state index contributed by atoms with van der Waals surface area (Å²) in [6.07, 6.45) is 0. The van der Waals surface area contributed by atoms with E-state index in [1.165, 1.54) is 5.56 Å². The van der Waals surface area contributed by atoms with Crippen LogP contribution in [0.5, 0.6) is 0 Å². The molecule has 1 aromatic rings. The van der Waals surface area contributed by atoms with Gasteiger partial charge in [0.1, 0.15) is 0 Å². The van der Waals surface area contributed by atoms with Crippen LogP contribution in [-0.4, -0.2) is 0 Å². The fourth-order valence-corrected chi connectivity index (χ4v) is 0.998. The second kappa shape index (κ2) is 22.4. The first-order valence-electron chi connectivity index (χ1n) is 4.88. The minimum Gasteiger partial charge on any atom is -0.152 e. The number of aryl methyl sites for hydroxylation is 1. The molecule has 0 unspecified atom stereocenters. The molecule has 0 spiro atoms. The van der Waals surface area contributed by atoms with Gasteiger partial charge in [-0.25, -0.2) is 0 Å². The van der Waals surface area contributed by atoms with Gasteiger partial charge in [0.05, 0.1) is 0 Å². The van der Waals surface area contributed by atoms with Gasteiger partial charge in [-0.1, -0.05) is 41.5 Å². The first-order chi connectivity index (χ1) is 5.89. The minimum absolute atomic E-state index is 1.36. The molecule has 0 saturated heterocycles. The molecule has 0 radical (unpaired) electrons. The van der Waals surface area contributed by atoms with Crippen molar-refractivity contribution in [3.8, 4) is 0 Å². The molecule has 0 saturated carbocycles. The van der Waals surface area contributed by atoms with E-state index >= 15 is 0 Å². The van der Waals surface area contributed by atoms with E-state index in [1.54, 1.807) is 11.3 Å². The average molecular weight is 188 g/mol. The third-order valence-electron chi connectivity index (χ3n) is 0.663. The molecule has 0 nitrogen and oxygen atoms in total. The van der Waals surface area contributed by atoms with E-state index in [9.17, 15) is 0 Å². The van der Waals surface area contributed by atoms with E-state index in [1.807, 2.05) is 41.5 Å². The predicted octanol–water partition coefficient (Wildman–Crippen LogP) is 5.14. The van der Waals surface area contributed by atoms with Crippen molar-refractivity contribution in [2.24, 2.45) is 0 Å². The molecule has 0 aliphatic carbocycles. The molecule has 1 aromatic heterocycles. The lowest BCUT2D eigenvalue weighted by molar-refractivity contribution is 1.50. The highest BCUT2D eigenvalue weighted by Gasteiger charge is 1.74. The lowest BCUT2D eigenvalue weighted by Crippen LogP contribution is -1.47. The fourth-order valence-electron chi connectivity index (χ4n) is 0.333. The van der Waals surface area contributed by atoms with Gasteiger partial charge < -0.3 is 0 Å². The monoisotopic (exact) mass is 188 g/mol. The Morgan fingerprint density at radius 3 is 1.42 bits per heavy atom. The Morgan fingerprint density at radius 1 is 0.917 bits per heavy atom. The van der Waals surface area contributed by atoms with Crippen LogP contribution in [0.1, 0.15) is 47.1 Å². The van der Waals surface area contributed by atoms with Crippen molar-refractivity contribution in [2.75, 3.05) is 0 Å². The second-order valence-electron chi connectivity index (χ2n) is 1.30. The van der Waals surface area contributed by atoms with Crippen LogP contribution in [0.2, 0.25) is 0 Å². The van der Waals surface area contributed by atoms with E-state index in [-0.39, 0.29) is 0 Å². The van der Waals surface area contributed by atoms with Gasteiger partial charge in [0.25, 0.3) is 0 Å². The van der Waals surface area contributed by atoms with Crippen molar-refractivity contribution < 1.29 is 0 Å². The lowest BCUT2D eigenvalue weighted by atomic mass is 10.4. The summed E-state index contributed by atoms with van der Waals surface area (Å²) in [6.45, 7) is 14.1. The molecule has 1 heteroatoms. The van der Waals surface area contributed by atoms with Crippen molar-refractivity contribution in [1.82, 2.24) is 0 Å². The summed E-state index contributed by atoms with van der Waals surface area (Å²) in [7, 11) is 0. The van der Waals surface area contributed by atoms with Gasteiger partial charge >= 0.3 is 0 Å². The van der Waals surface area contributed by atoms with Crippen LogP contribution in [0, 0.1) is 6.92 Å². The number of hydrogen-bond acceptors (Lipinski definition) is 1. The Kier molecular flexibility index (Phi) is 33.1. The first kappa shape index (κ1) is 17.7. The Bertz CT molecular complexity index is 109. The summed E-state index contributed by atoms with van der Waals surface area (Å²) in [4.78, 5) is 0. The van der Waals surface area contributed by atoms with Crippen LogP contribution in [0.4, 0.5) is 0 Å². The number of rotatable bonds is 0. The van der Waals surface area contributed by atoms with Crippen LogP contribution >= 0.6 is 11.3 Å². The van der Waals surface area contributed by atoms with Gasteiger partial charge in [0.15, 0.2) is 0 Å². The minimum atomic E-state index is 1.36. The first-order valence-corrected chi connectivity index (χ1v) is 5.82. The number of hydrogen-bond donors (Lipinski definition) is 0. The van der Waals surface area contributed by atoms with Gasteiger partial charge in [-0.2, -0.15) is 11.3 Å². The predicted molar refractivity (Wildman–Crippen MR) is 63.1 cm³/mol. The van der Waals surface area contributed by atoms with Crippen LogP contribution < -0.4 is 0 Å². The Morgan fingerprint density at radius 2 is 1.33 bits per heavy atom. The molecule has 0 atom stereocenters. The molecule has 0 aliphatic rings. The van der Waals surface area contributed by atoms with E-state index in [2.05, 4.69) is 23.8 Å². The molecule has 0 N–H and O–H groups in total. The summed E-state index contributed by atoms with van der Waals surface area (Å²) in [5.74, 6) is 0. The van der Waals surface area contributed by atoms with Crippen molar-refractivity contribution in [3.63, 3.8) is 0 Å². The lowest BCUT2D eigenvalue weighted by Gasteiger charge is -1.65. The third kappa shape index (κ3) is 16.4. The summed E-state index contributed by atoms with van der Waals surface area (Å²) in [6, 6.07) is 2.10. The fraction of sp³-hybridized carbons (Fsp3) is 0.636. The Hall–Kier alpha value is -0.300. The summed E-state index contributed by atoms with van der Waals surface area (Å²) < 4.78 is 0. The summed E-state index contributed by atoms with van der Waals surface area (Å²) in [5, 5.41) is 4.20. The second-order valence-corrected chi connectivity index (χ2v) is 2.08. The molecule has 1 rings (SSSR count). The summed E-state index contributed by atoms with van der Waals surface area (Å²) >= 11 is 1.74. The van der Waals surface area contributed by atoms with Crippen molar-refractivity contribution in [2.45, 2.75) is 48.5 Å². The molecule has 0 bridgehead atoms. The largest absolute Gasteiger partial charge is 0.152 e. The highest BCUT2D eigenvalue weighted by molar-refractivity contribution is 7.07. The van der Waals surface area contributed by atoms with Gasteiger partial charge in [0.2, 0.25) is 0 Å². The topological polar surface area (TPSA) is 0 Å². The zero-order chi connectivity index (χ0) is 10.4. The van der Waals surface area contributed by atoms with Gasteiger partial charge in [-0.15, -0.1) is 0 Å². The maximum atomic E-state index is 2.12. The van der Waals surface area contributed by atoms with Gasteiger partial charge in [0, 0.05) is 0 Å². The quantitative estimate of drug-likeness (QED) is 0.529. The smallest absolute Gasteiger partial charge is 0.00641 e. The highest BCUT2D eigenvalue weighted by Crippen LogP contribution is 2.01. The van der Waals surface area contributed by atoms with Crippen molar-refractivity contribution in [3.05, 3.63) is 22.4 Å². The van der Waals surface area contributed by atoms with Gasteiger partial charge in [-0.05, 0) is 29.3 Å². The van der Waals surface area contributed by atoms with Crippen molar-refractivity contribution >= 4 is 11.3 Å². The molecule has 0 aromatic carbocycles. The normalized spacial score (nSPS) is 5.92. The van der Waals surface area contributed by atoms with E-state index in [0.717, 1.165) is 0 Å².